The number of piperazine rings is 1. The monoisotopic (exact) mass is 347 g/mol. The Morgan fingerprint density at radius 1 is 1.17 bits per heavy atom. The molecule has 1 heterocycles. The summed E-state index contributed by atoms with van der Waals surface area (Å²) in [4.78, 5) is 15.0. The second-order valence-corrected chi connectivity index (χ2v) is 6.62. The number of benzene rings is 2. The summed E-state index contributed by atoms with van der Waals surface area (Å²) in [6.07, 6.45) is 0. The number of hydrogen-bond donors (Lipinski definition) is 1. The fourth-order valence-corrected chi connectivity index (χ4v) is 3.35. The topological polar surface area (TPSA) is 24.8 Å². The van der Waals surface area contributed by atoms with Crippen LogP contribution in [0.3, 0.4) is 0 Å². The van der Waals surface area contributed by atoms with E-state index in [0.717, 1.165) is 37.4 Å². The first-order valence-electron chi connectivity index (χ1n) is 8.17. The zero-order valence-corrected chi connectivity index (χ0v) is 14.4. The van der Waals surface area contributed by atoms with E-state index in [1.165, 1.54) is 11.0 Å². The van der Waals surface area contributed by atoms with Gasteiger partial charge in [0.25, 0.3) is 0 Å². The van der Waals surface area contributed by atoms with Crippen molar-refractivity contribution >= 4 is 23.1 Å². The molecule has 0 bridgehead atoms. The van der Waals surface area contributed by atoms with Gasteiger partial charge in [0, 0.05) is 11.3 Å². The first-order valence-corrected chi connectivity index (χ1v) is 8.55. The van der Waals surface area contributed by atoms with Crippen molar-refractivity contribution in [2.75, 3.05) is 31.1 Å². The molecular formula is C19H21ClFN2O+. The van der Waals surface area contributed by atoms with Gasteiger partial charge in [0.1, 0.15) is 12.4 Å². The quantitative estimate of drug-likeness (QED) is 0.860. The first-order chi connectivity index (χ1) is 11.5. The molecule has 0 radical (unpaired) electrons. The van der Waals surface area contributed by atoms with E-state index in [1.807, 2.05) is 24.3 Å². The van der Waals surface area contributed by atoms with Gasteiger partial charge in [-0.1, -0.05) is 17.7 Å². The Morgan fingerprint density at radius 3 is 2.42 bits per heavy atom. The number of halogens is 2. The zero-order chi connectivity index (χ0) is 17.1. The molecule has 2 aromatic carbocycles. The Balaban J connectivity index is 1.60. The predicted octanol–water partition coefficient (Wildman–Crippen LogP) is 2.59. The summed E-state index contributed by atoms with van der Waals surface area (Å²) in [5.41, 5.74) is 2.47. The normalized spacial score (nSPS) is 15.5. The molecule has 3 rings (SSSR count). The fraction of sp³-hybridized carbons (Fsp3) is 0.316. The van der Waals surface area contributed by atoms with Gasteiger partial charge in [-0.2, -0.15) is 0 Å². The summed E-state index contributed by atoms with van der Waals surface area (Å²) in [6.45, 7) is 5.85. The second kappa shape index (κ2) is 7.32. The molecule has 1 saturated heterocycles. The molecule has 1 N–H and O–H groups in total. The number of anilines is 1. The van der Waals surface area contributed by atoms with E-state index in [2.05, 4.69) is 4.90 Å². The standard InChI is InChI=1S/C19H20ClFN2O/c1-14(24)15-5-7-16(8-6-15)23-11-9-22(10-12-23)13-17-18(20)3-2-4-19(17)21/h2-8H,9-13H2,1H3/p+1. The second-order valence-electron chi connectivity index (χ2n) is 6.22. The van der Waals surface area contributed by atoms with Crippen molar-refractivity contribution in [2.45, 2.75) is 13.5 Å². The van der Waals surface area contributed by atoms with Crippen molar-refractivity contribution in [3.63, 3.8) is 0 Å². The summed E-state index contributed by atoms with van der Waals surface area (Å²) in [7, 11) is 0. The lowest BCUT2D eigenvalue weighted by atomic mass is 10.1. The number of nitrogens with zero attached hydrogens (tertiary/aromatic N) is 1. The third kappa shape index (κ3) is 3.77. The molecule has 1 aliphatic rings. The third-order valence-electron chi connectivity index (χ3n) is 4.60. The summed E-state index contributed by atoms with van der Waals surface area (Å²) in [6, 6.07) is 12.6. The van der Waals surface area contributed by atoms with Crippen LogP contribution >= 0.6 is 11.6 Å². The Kier molecular flexibility index (Phi) is 5.17. The van der Waals surface area contributed by atoms with Gasteiger partial charge < -0.3 is 9.80 Å². The van der Waals surface area contributed by atoms with Crippen molar-refractivity contribution in [3.05, 3.63) is 64.4 Å². The van der Waals surface area contributed by atoms with Crippen molar-refractivity contribution < 1.29 is 14.1 Å². The molecule has 0 aliphatic carbocycles. The van der Waals surface area contributed by atoms with Gasteiger partial charge in [-0.3, -0.25) is 4.79 Å². The van der Waals surface area contributed by atoms with Gasteiger partial charge in [-0.15, -0.1) is 0 Å². The highest BCUT2D eigenvalue weighted by atomic mass is 35.5. The maximum Gasteiger partial charge on any atom is 0.159 e. The SMILES string of the molecule is CC(=O)c1ccc(N2CC[NH+](Cc3c(F)cccc3Cl)CC2)cc1. The molecule has 0 aromatic heterocycles. The molecule has 0 atom stereocenters. The predicted molar refractivity (Wildman–Crippen MR) is 94.5 cm³/mol. The van der Waals surface area contributed by atoms with E-state index in [0.29, 0.717) is 17.1 Å². The molecule has 2 aromatic rings. The van der Waals surface area contributed by atoms with E-state index in [9.17, 15) is 9.18 Å². The molecule has 24 heavy (non-hydrogen) atoms. The van der Waals surface area contributed by atoms with Crippen LogP contribution in [0.1, 0.15) is 22.8 Å². The maximum absolute atomic E-state index is 13.9. The highest BCUT2D eigenvalue weighted by Crippen LogP contribution is 2.18. The molecule has 0 amide bonds. The van der Waals surface area contributed by atoms with Crippen LogP contribution < -0.4 is 9.80 Å². The lowest BCUT2D eigenvalue weighted by Gasteiger charge is -2.34. The smallest absolute Gasteiger partial charge is 0.159 e. The number of nitrogens with one attached hydrogen (secondary N) is 1. The molecule has 0 spiro atoms. The van der Waals surface area contributed by atoms with Gasteiger partial charge in [0.05, 0.1) is 36.8 Å². The average molecular weight is 348 g/mol. The lowest BCUT2D eigenvalue weighted by molar-refractivity contribution is -0.914. The van der Waals surface area contributed by atoms with Gasteiger partial charge in [-0.05, 0) is 43.3 Å². The largest absolute Gasteiger partial charge is 0.360 e. The van der Waals surface area contributed by atoms with Crippen LogP contribution in [-0.4, -0.2) is 32.0 Å². The van der Waals surface area contributed by atoms with Crippen molar-refractivity contribution in [1.29, 1.82) is 0 Å². The minimum absolute atomic E-state index is 0.0811. The number of rotatable bonds is 4. The number of ketones is 1. The summed E-state index contributed by atoms with van der Waals surface area (Å²) >= 11 is 6.12. The molecule has 1 aliphatic heterocycles. The molecule has 126 valence electrons. The molecule has 1 fully saturated rings. The minimum Gasteiger partial charge on any atom is -0.360 e. The van der Waals surface area contributed by atoms with E-state index in [1.54, 1.807) is 19.1 Å². The zero-order valence-electron chi connectivity index (χ0n) is 13.7. The average Bonchev–Trinajstić information content (AvgIpc) is 2.59. The van der Waals surface area contributed by atoms with E-state index in [4.69, 9.17) is 11.6 Å². The van der Waals surface area contributed by atoms with Crippen LogP contribution in [0.2, 0.25) is 5.02 Å². The third-order valence-corrected chi connectivity index (χ3v) is 4.95. The molecule has 0 unspecified atom stereocenters. The van der Waals surface area contributed by atoms with Crippen molar-refractivity contribution in [2.24, 2.45) is 0 Å². The summed E-state index contributed by atoms with van der Waals surface area (Å²) < 4.78 is 13.9. The van der Waals surface area contributed by atoms with Crippen molar-refractivity contribution in [3.8, 4) is 0 Å². The number of quaternary nitrogens is 1. The molecule has 0 saturated carbocycles. The minimum atomic E-state index is -0.225. The van der Waals surface area contributed by atoms with E-state index in [-0.39, 0.29) is 11.6 Å². The molecule has 3 nitrogen and oxygen atoms in total. The van der Waals surface area contributed by atoms with Crippen LogP contribution in [0.5, 0.6) is 0 Å². The van der Waals surface area contributed by atoms with Crippen LogP contribution in [0.15, 0.2) is 42.5 Å². The van der Waals surface area contributed by atoms with Crippen LogP contribution in [0.25, 0.3) is 0 Å². The van der Waals surface area contributed by atoms with E-state index < -0.39 is 0 Å². The van der Waals surface area contributed by atoms with Gasteiger partial charge >= 0.3 is 0 Å². The Bertz CT molecular complexity index is 704. The van der Waals surface area contributed by atoms with E-state index >= 15 is 0 Å². The maximum atomic E-state index is 13.9. The van der Waals surface area contributed by atoms with Gasteiger partial charge in [0.15, 0.2) is 5.78 Å². The van der Waals surface area contributed by atoms with Gasteiger partial charge in [0.2, 0.25) is 0 Å². The van der Waals surface area contributed by atoms with Crippen molar-refractivity contribution in [1.82, 2.24) is 0 Å². The first kappa shape index (κ1) is 16.9. The highest BCUT2D eigenvalue weighted by molar-refractivity contribution is 6.31. The fourth-order valence-electron chi connectivity index (χ4n) is 3.12. The summed E-state index contributed by atoms with van der Waals surface area (Å²) in [5.74, 6) is -0.144. The molecule has 5 heteroatoms. The van der Waals surface area contributed by atoms with Crippen LogP contribution in [0, 0.1) is 5.82 Å². The Morgan fingerprint density at radius 2 is 1.83 bits per heavy atom. The number of Topliss-reactive ketones (excluding diaryl/α,β-unsaturated/α-hetero) is 1. The number of hydrogen-bond acceptors (Lipinski definition) is 2. The van der Waals surface area contributed by atoms with Gasteiger partial charge in [-0.25, -0.2) is 4.39 Å². The Hall–Kier alpha value is -1.91. The number of carbonyl (C=O) groups excluding carboxylic acids is 1. The van der Waals surface area contributed by atoms with Crippen LogP contribution in [-0.2, 0) is 6.54 Å². The summed E-state index contributed by atoms with van der Waals surface area (Å²) in [5, 5.41) is 0.504. The molecular weight excluding hydrogens is 327 g/mol. The Labute approximate surface area is 146 Å². The lowest BCUT2D eigenvalue weighted by Crippen LogP contribution is -3.13. The highest BCUT2D eigenvalue weighted by Gasteiger charge is 2.22. The van der Waals surface area contributed by atoms with Crippen LogP contribution in [0.4, 0.5) is 10.1 Å². The number of carbonyl (C=O) groups is 1.